The number of anilines is 4. The largest absolute Gasteiger partial charge is 0.393 e. The average Bonchev–Trinajstić information content (AvgIpc) is 3.12. The molecule has 0 unspecified atom stereocenters. The summed E-state index contributed by atoms with van der Waals surface area (Å²) in [5.74, 6) is 1.79. The van der Waals surface area contributed by atoms with E-state index in [4.69, 9.17) is 5.73 Å². The molecule has 25 heavy (non-hydrogen) atoms. The van der Waals surface area contributed by atoms with Gasteiger partial charge >= 0.3 is 0 Å². The first-order chi connectivity index (χ1) is 12.1. The predicted octanol–water partition coefficient (Wildman–Crippen LogP) is 4.64. The molecule has 0 atom stereocenters. The van der Waals surface area contributed by atoms with Crippen molar-refractivity contribution in [1.82, 2.24) is 9.97 Å². The van der Waals surface area contributed by atoms with Gasteiger partial charge in [-0.1, -0.05) is 32.0 Å². The van der Waals surface area contributed by atoms with E-state index in [1.165, 1.54) is 16.8 Å². The fourth-order valence-electron chi connectivity index (χ4n) is 2.48. The van der Waals surface area contributed by atoms with Crippen LogP contribution in [-0.4, -0.2) is 16.5 Å². The van der Waals surface area contributed by atoms with Crippen LogP contribution in [0.5, 0.6) is 0 Å². The van der Waals surface area contributed by atoms with Crippen LogP contribution in [0.25, 0.3) is 0 Å². The molecule has 0 fully saturated rings. The third-order valence-corrected chi connectivity index (χ3v) is 4.90. The highest BCUT2D eigenvalue weighted by molar-refractivity contribution is 7.09. The molecule has 0 aliphatic rings. The molecule has 3 aromatic rings. The monoisotopic (exact) mass is 353 g/mol. The molecule has 6 heteroatoms. The van der Waals surface area contributed by atoms with Gasteiger partial charge in [-0.3, -0.25) is 0 Å². The zero-order chi connectivity index (χ0) is 17.6. The highest BCUT2D eigenvalue weighted by atomic mass is 32.1. The maximum Gasteiger partial charge on any atom is 0.159 e. The quantitative estimate of drug-likeness (QED) is 0.577. The number of thiophene rings is 1. The van der Waals surface area contributed by atoms with Crippen molar-refractivity contribution in [3.63, 3.8) is 0 Å². The van der Waals surface area contributed by atoms with Gasteiger partial charge in [-0.2, -0.15) is 0 Å². The third-order valence-electron chi connectivity index (χ3n) is 3.97. The van der Waals surface area contributed by atoms with Gasteiger partial charge in [0.05, 0.1) is 0 Å². The summed E-state index contributed by atoms with van der Waals surface area (Å²) in [6.45, 7) is 5.14. The Morgan fingerprint density at radius 2 is 1.84 bits per heavy atom. The second kappa shape index (κ2) is 7.98. The summed E-state index contributed by atoms with van der Waals surface area (Å²) in [5, 5.41) is 8.64. The van der Waals surface area contributed by atoms with Crippen LogP contribution in [0.2, 0.25) is 0 Å². The lowest BCUT2D eigenvalue weighted by Crippen LogP contribution is -2.10. The summed E-state index contributed by atoms with van der Waals surface area (Å²) < 4.78 is 0. The summed E-state index contributed by atoms with van der Waals surface area (Å²) in [5.41, 5.74) is 9.01. The molecule has 130 valence electrons. The van der Waals surface area contributed by atoms with E-state index in [0.717, 1.165) is 18.7 Å². The molecule has 0 saturated carbocycles. The number of nitrogens with two attached hydrogens (primary N) is 1. The van der Waals surface area contributed by atoms with Gasteiger partial charge in [0.1, 0.15) is 12.0 Å². The molecule has 2 aromatic heterocycles. The number of hydrogen-bond donors (Lipinski definition) is 3. The number of aromatic nitrogens is 2. The highest BCUT2D eigenvalue weighted by Crippen LogP contribution is 2.26. The maximum absolute atomic E-state index is 6.22. The summed E-state index contributed by atoms with van der Waals surface area (Å²) in [6.07, 6.45) is 2.47. The van der Waals surface area contributed by atoms with Crippen LogP contribution in [0, 0.1) is 0 Å². The molecule has 0 radical (unpaired) electrons. The van der Waals surface area contributed by atoms with Gasteiger partial charge in [-0.25, -0.2) is 9.97 Å². The Labute approximate surface area is 152 Å². The molecular formula is C19H23N5S. The molecule has 0 aliphatic carbocycles. The minimum atomic E-state index is 0.511. The van der Waals surface area contributed by atoms with Crippen LogP contribution < -0.4 is 16.4 Å². The van der Waals surface area contributed by atoms with Gasteiger partial charge in [-0.15, -0.1) is 11.3 Å². The van der Waals surface area contributed by atoms with Crippen LogP contribution in [-0.2, 0) is 6.42 Å². The van der Waals surface area contributed by atoms with Crippen molar-refractivity contribution in [2.45, 2.75) is 26.2 Å². The van der Waals surface area contributed by atoms with Gasteiger partial charge in [0, 0.05) is 17.1 Å². The number of nitrogens with one attached hydrogen (secondary N) is 2. The lowest BCUT2D eigenvalue weighted by Gasteiger charge is -2.13. The van der Waals surface area contributed by atoms with Crippen molar-refractivity contribution < 1.29 is 0 Å². The van der Waals surface area contributed by atoms with E-state index in [9.17, 15) is 0 Å². The molecule has 4 N–H and O–H groups in total. The fourth-order valence-corrected chi connectivity index (χ4v) is 3.19. The van der Waals surface area contributed by atoms with Crippen LogP contribution >= 0.6 is 11.3 Å². The Kier molecular flexibility index (Phi) is 5.50. The second-order valence-electron chi connectivity index (χ2n) is 6.14. The van der Waals surface area contributed by atoms with E-state index >= 15 is 0 Å². The molecular weight excluding hydrogens is 330 g/mol. The lowest BCUT2D eigenvalue weighted by molar-refractivity contribution is 0.867. The first-order valence-electron chi connectivity index (χ1n) is 8.37. The van der Waals surface area contributed by atoms with Gasteiger partial charge in [0.2, 0.25) is 0 Å². The van der Waals surface area contributed by atoms with Crippen LogP contribution in [0.3, 0.4) is 0 Å². The van der Waals surface area contributed by atoms with Crippen molar-refractivity contribution in [3.05, 3.63) is 58.5 Å². The minimum Gasteiger partial charge on any atom is -0.393 e. The van der Waals surface area contributed by atoms with Gasteiger partial charge < -0.3 is 16.4 Å². The topological polar surface area (TPSA) is 75.9 Å². The van der Waals surface area contributed by atoms with Crippen molar-refractivity contribution in [2.75, 3.05) is 22.9 Å². The van der Waals surface area contributed by atoms with E-state index in [1.54, 1.807) is 11.3 Å². The second-order valence-corrected chi connectivity index (χ2v) is 7.17. The van der Waals surface area contributed by atoms with E-state index in [-0.39, 0.29) is 0 Å². The molecule has 0 bridgehead atoms. The van der Waals surface area contributed by atoms with Crippen molar-refractivity contribution >= 4 is 34.3 Å². The van der Waals surface area contributed by atoms with Crippen LogP contribution in [0.15, 0.2) is 48.1 Å². The zero-order valence-corrected chi connectivity index (χ0v) is 15.3. The molecule has 0 amide bonds. The van der Waals surface area contributed by atoms with E-state index in [2.05, 4.69) is 64.1 Å². The van der Waals surface area contributed by atoms with Crippen LogP contribution in [0.1, 0.15) is 30.2 Å². The Morgan fingerprint density at radius 3 is 2.52 bits per heavy atom. The SMILES string of the molecule is CC(C)c1ccc(Nc2ncnc(NCCc3cccs3)c2N)cc1. The normalized spacial score (nSPS) is 10.8. The summed E-state index contributed by atoms with van der Waals surface area (Å²) in [4.78, 5) is 9.85. The zero-order valence-electron chi connectivity index (χ0n) is 14.5. The van der Waals surface area contributed by atoms with Gasteiger partial charge in [-0.05, 0) is 41.5 Å². The minimum absolute atomic E-state index is 0.511. The maximum atomic E-state index is 6.22. The molecule has 0 saturated heterocycles. The van der Waals surface area contributed by atoms with Crippen LogP contribution in [0.4, 0.5) is 23.0 Å². The predicted molar refractivity (Wildman–Crippen MR) is 107 cm³/mol. The fraction of sp³-hybridized carbons (Fsp3) is 0.263. The number of hydrogen-bond acceptors (Lipinski definition) is 6. The Hall–Kier alpha value is -2.60. The Morgan fingerprint density at radius 1 is 1.08 bits per heavy atom. The summed E-state index contributed by atoms with van der Waals surface area (Å²) >= 11 is 1.75. The molecule has 0 aliphatic heterocycles. The third kappa shape index (κ3) is 4.48. The smallest absolute Gasteiger partial charge is 0.159 e. The molecule has 5 nitrogen and oxygen atoms in total. The van der Waals surface area contributed by atoms with Gasteiger partial charge in [0.15, 0.2) is 11.6 Å². The number of nitrogens with zero attached hydrogens (tertiary/aromatic N) is 2. The summed E-state index contributed by atoms with van der Waals surface area (Å²) in [7, 11) is 0. The standard InChI is InChI=1S/C19H23N5S/c1-13(2)14-5-7-15(8-6-14)24-19-17(20)18(22-12-23-19)21-10-9-16-4-3-11-25-16/h3-8,11-13H,9-10,20H2,1-2H3,(H2,21,22,23,24). The lowest BCUT2D eigenvalue weighted by atomic mass is 10.0. The molecule has 3 rings (SSSR count). The number of benzene rings is 1. The Balaban J connectivity index is 1.65. The van der Waals surface area contributed by atoms with Crippen molar-refractivity contribution in [2.24, 2.45) is 0 Å². The average molecular weight is 353 g/mol. The van der Waals surface area contributed by atoms with Crippen molar-refractivity contribution in [3.8, 4) is 0 Å². The van der Waals surface area contributed by atoms with Gasteiger partial charge in [0.25, 0.3) is 0 Å². The van der Waals surface area contributed by atoms with Crippen molar-refractivity contribution in [1.29, 1.82) is 0 Å². The first kappa shape index (κ1) is 17.2. The summed E-state index contributed by atoms with van der Waals surface area (Å²) in [6, 6.07) is 12.5. The first-order valence-corrected chi connectivity index (χ1v) is 9.25. The molecule has 0 spiro atoms. The van der Waals surface area contributed by atoms with E-state index < -0.39 is 0 Å². The molecule has 2 heterocycles. The number of rotatable bonds is 7. The molecule has 1 aromatic carbocycles. The van der Waals surface area contributed by atoms with E-state index in [1.807, 2.05) is 12.1 Å². The highest BCUT2D eigenvalue weighted by Gasteiger charge is 2.08. The Bertz CT molecular complexity index is 797. The number of nitrogen functional groups attached to an aromatic ring is 1. The van der Waals surface area contributed by atoms with E-state index in [0.29, 0.717) is 23.2 Å².